The zero-order chi connectivity index (χ0) is 17.8. The van der Waals surface area contributed by atoms with Crippen LogP contribution in [0.3, 0.4) is 0 Å². The largest absolute Gasteiger partial charge is 0.480 e. The Morgan fingerprint density at radius 2 is 2.04 bits per heavy atom. The second kappa shape index (κ2) is 5.51. The van der Waals surface area contributed by atoms with Gasteiger partial charge in [-0.2, -0.15) is 0 Å². The van der Waals surface area contributed by atoms with Crippen molar-refractivity contribution in [1.29, 1.82) is 0 Å². The molecule has 2 N–H and O–H groups in total. The highest BCUT2D eigenvalue weighted by Gasteiger charge is 2.37. The third kappa shape index (κ3) is 2.05. The fourth-order valence-electron chi connectivity index (χ4n) is 4.19. The lowest BCUT2D eigenvalue weighted by Crippen LogP contribution is -2.45. The molecule has 6 heteroatoms. The fourth-order valence-corrected chi connectivity index (χ4v) is 4.19. The van der Waals surface area contributed by atoms with E-state index in [0.29, 0.717) is 17.9 Å². The molecule has 1 aromatic heterocycles. The standard InChI is InChI=1S/C20H18N2O4/c1-22-15-7-3-2-5-11(15)13-9-14(20(23)24)21-17(18(13)22)12-6-4-8-16-19(12)26-10-25-16/h2-8,14,17,21H,9-10H2,1H3,(H,23,24)/t14-,17?/m1/s1. The van der Waals surface area contributed by atoms with Gasteiger partial charge in [0.2, 0.25) is 6.79 Å². The Bertz CT molecular complexity index is 1040. The zero-order valence-corrected chi connectivity index (χ0v) is 14.2. The number of carbonyl (C=O) groups is 1. The summed E-state index contributed by atoms with van der Waals surface area (Å²) in [5.41, 5.74) is 4.15. The average molecular weight is 350 g/mol. The van der Waals surface area contributed by atoms with E-state index in [2.05, 4.69) is 22.0 Å². The zero-order valence-electron chi connectivity index (χ0n) is 14.2. The summed E-state index contributed by atoms with van der Waals surface area (Å²) in [6.07, 6.45) is 0.453. The van der Waals surface area contributed by atoms with Gasteiger partial charge >= 0.3 is 5.97 Å². The molecule has 0 saturated heterocycles. The van der Waals surface area contributed by atoms with Crippen molar-refractivity contribution in [2.24, 2.45) is 7.05 Å². The van der Waals surface area contributed by atoms with Crippen LogP contribution >= 0.6 is 0 Å². The highest BCUT2D eigenvalue weighted by molar-refractivity contribution is 5.88. The second-order valence-corrected chi connectivity index (χ2v) is 6.72. The number of ether oxygens (including phenoxy) is 2. The van der Waals surface area contributed by atoms with Gasteiger partial charge in [-0.15, -0.1) is 0 Å². The molecule has 0 fully saturated rings. The SMILES string of the molecule is Cn1c2c(c3ccccc31)C[C@H](C(=O)O)NC2c1cccc2c1OCO2. The first-order valence-corrected chi connectivity index (χ1v) is 8.58. The molecular formula is C20H18N2O4. The molecule has 2 aromatic carbocycles. The maximum atomic E-state index is 11.8. The molecule has 2 aliphatic heterocycles. The molecule has 0 aliphatic carbocycles. The Morgan fingerprint density at radius 3 is 2.88 bits per heavy atom. The molecule has 6 nitrogen and oxygen atoms in total. The van der Waals surface area contributed by atoms with Crippen LogP contribution in [-0.2, 0) is 18.3 Å². The van der Waals surface area contributed by atoms with E-state index in [1.165, 1.54) is 0 Å². The van der Waals surface area contributed by atoms with Gasteiger partial charge in [0.15, 0.2) is 11.5 Å². The number of fused-ring (bicyclic) bond motifs is 4. The summed E-state index contributed by atoms with van der Waals surface area (Å²) < 4.78 is 13.3. The van der Waals surface area contributed by atoms with Gasteiger partial charge in [0.05, 0.1) is 6.04 Å². The van der Waals surface area contributed by atoms with Crippen LogP contribution in [-0.4, -0.2) is 28.5 Å². The molecule has 3 heterocycles. The molecule has 0 radical (unpaired) electrons. The summed E-state index contributed by atoms with van der Waals surface area (Å²) in [7, 11) is 2.03. The number of benzene rings is 2. The van der Waals surface area contributed by atoms with E-state index < -0.39 is 12.0 Å². The van der Waals surface area contributed by atoms with Crippen LogP contribution in [0.4, 0.5) is 0 Å². The van der Waals surface area contributed by atoms with Crippen molar-refractivity contribution in [3.05, 3.63) is 59.3 Å². The fraction of sp³-hybridized carbons (Fsp3) is 0.250. The van der Waals surface area contributed by atoms with Gasteiger partial charge in [-0.25, -0.2) is 0 Å². The van der Waals surface area contributed by atoms with E-state index in [-0.39, 0.29) is 12.8 Å². The number of nitrogens with one attached hydrogen (secondary N) is 1. The first-order valence-electron chi connectivity index (χ1n) is 8.58. The number of aliphatic carboxylic acids is 1. The number of para-hydroxylation sites is 2. The third-order valence-corrected chi connectivity index (χ3v) is 5.35. The van der Waals surface area contributed by atoms with Crippen molar-refractivity contribution < 1.29 is 19.4 Å². The number of nitrogens with zero attached hydrogens (tertiary/aromatic N) is 1. The summed E-state index contributed by atoms with van der Waals surface area (Å²) in [4.78, 5) is 11.8. The molecule has 0 bridgehead atoms. The van der Waals surface area contributed by atoms with Gasteiger partial charge in [-0.05, 0) is 17.7 Å². The minimum absolute atomic E-state index is 0.184. The summed E-state index contributed by atoms with van der Waals surface area (Å²) >= 11 is 0. The van der Waals surface area contributed by atoms with Crippen LogP contribution < -0.4 is 14.8 Å². The Hall–Kier alpha value is -2.99. The van der Waals surface area contributed by atoms with E-state index in [4.69, 9.17) is 9.47 Å². The van der Waals surface area contributed by atoms with Gasteiger partial charge < -0.3 is 19.1 Å². The summed E-state index contributed by atoms with van der Waals surface area (Å²) in [6.45, 7) is 0.184. The number of hydrogen-bond donors (Lipinski definition) is 2. The van der Waals surface area contributed by atoms with Crippen molar-refractivity contribution in [3.8, 4) is 11.5 Å². The minimum atomic E-state index is -0.849. The lowest BCUT2D eigenvalue weighted by molar-refractivity contribution is -0.139. The quantitative estimate of drug-likeness (QED) is 0.743. The number of aromatic nitrogens is 1. The Labute approximate surface area is 149 Å². The number of rotatable bonds is 2. The molecule has 2 atom stereocenters. The van der Waals surface area contributed by atoms with Crippen molar-refractivity contribution >= 4 is 16.9 Å². The monoisotopic (exact) mass is 350 g/mol. The van der Waals surface area contributed by atoms with Crippen LogP contribution in [0.5, 0.6) is 11.5 Å². The van der Waals surface area contributed by atoms with Crippen LogP contribution in [0, 0.1) is 0 Å². The molecule has 0 saturated carbocycles. The van der Waals surface area contributed by atoms with E-state index in [1.54, 1.807) is 0 Å². The van der Waals surface area contributed by atoms with Gasteiger partial charge in [-0.3, -0.25) is 10.1 Å². The molecule has 3 aromatic rings. The first kappa shape index (κ1) is 15.3. The molecule has 26 heavy (non-hydrogen) atoms. The Kier molecular flexibility index (Phi) is 3.24. The summed E-state index contributed by atoms with van der Waals surface area (Å²) in [5, 5.41) is 14.1. The molecular weight excluding hydrogens is 332 g/mol. The molecule has 1 unspecified atom stereocenters. The highest BCUT2D eigenvalue weighted by atomic mass is 16.7. The molecule has 0 spiro atoms. The predicted octanol–water partition coefficient (Wildman–Crippen LogP) is 2.60. The lowest BCUT2D eigenvalue weighted by atomic mass is 9.89. The average Bonchev–Trinajstić information content (AvgIpc) is 3.25. The maximum Gasteiger partial charge on any atom is 0.321 e. The smallest absolute Gasteiger partial charge is 0.321 e. The third-order valence-electron chi connectivity index (χ3n) is 5.35. The maximum absolute atomic E-state index is 11.8. The molecule has 2 aliphatic rings. The van der Waals surface area contributed by atoms with E-state index in [1.807, 2.05) is 37.4 Å². The van der Waals surface area contributed by atoms with E-state index in [0.717, 1.165) is 27.7 Å². The predicted molar refractivity (Wildman–Crippen MR) is 95.6 cm³/mol. The molecule has 5 rings (SSSR count). The second-order valence-electron chi connectivity index (χ2n) is 6.72. The van der Waals surface area contributed by atoms with Gasteiger partial charge in [-0.1, -0.05) is 30.3 Å². The van der Waals surface area contributed by atoms with Gasteiger partial charge in [0.25, 0.3) is 0 Å². The minimum Gasteiger partial charge on any atom is -0.480 e. The van der Waals surface area contributed by atoms with Gasteiger partial charge in [0.1, 0.15) is 6.04 Å². The Balaban J connectivity index is 1.77. The number of carboxylic acid groups (broad SMARTS) is 1. The normalized spacial score (nSPS) is 21.0. The van der Waals surface area contributed by atoms with Crippen LogP contribution in [0.15, 0.2) is 42.5 Å². The summed E-state index contributed by atoms with van der Waals surface area (Å²) in [5.74, 6) is 0.535. The number of carboxylic acids is 1. The van der Waals surface area contributed by atoms with Crippen LogP contribution in [0.2, 0.25) is 0 Å². The first-order chi connectivity index (χ1) is 12.6. The van der Waals surface area contributed by atoms with E-state index >= 15 is 0 Å². The van der Waals surface area contributed by atoms with Crippen molar-refractivity contribution in [2.45, 2.75) is 18.5 Å². The van der Waals surface area contributed by atoms with Crippen LogP contribution in [0.1, 0.15) is 22.9 Å². The van der Waals surface area contributed by atoms with Crippen LogP contribution in [0.25, 0.3) is 10.9 Å². The van der Waals surface area contributed by atoms with Crippen molar-refractivity contribution in [3.63, 3.8) is 0 Å². The Morgan fingerprint density at radius 1 is 1.19 bits per heavy atom. The van der Waals surface area contributed by atoms with Crippen molar-refractivity contribution in [1.82, 2.24) is 9.88 Å². The lowest BCUT2D eigenvalue weighted by Gasteiger charge is -2.31. The topological polar surface area (TPSA) is 72.7 Å². The molecule has 132 valence electrons. The molecule has 0 amide bonds. The number of hydrogen-bond acceptors (Lipinski definition) is 4. The number of aryl methyl sites for hydroxylation is 1. The van der Waals surface area contributed by atoms with E-state index in [9.17, 15) is 9.90 Å². The van der Waals surface area contributed by atoms with Gasteiger partial charge in [0, 0.05) is 35.6 Å². The highest BCUT2D eigenvalue weighted by Crippen LogP contribution is 2.44. The summed E-state index contributed by atoms with van der Waals surface area (Å²) in [6, 6.07) is 12.9. The van der Waals surface area contributed by atoms with Crippen molar-refractivity contribution in [2.75, 3.05) is 6.79 Å².